The Morgan fingerprint density at radius 2 is 2.00 bits per heavy atom. The van der Waals surface area contributed by atoms with Crippen molar-refractivity contribution < 1.29 is 24.2 Å². The lowest BCUT2D eigenvalue weighted by Crippen LogP contribution is -2.58. The first-order chi connectivity index (χ1) is 13.9. The second-order valence-corrected chi connectivity index (χ2v) is 9.40. The van der Waals surface area contributed by atoms with Crippen molar-refractivity contribution in [2.75, 3.05) is 19.7 Å². The number of nitrogens with zero attached hydrogens (tertiary/aromatic N) is 2. The van der Waals surface area contributed by atoms with Crippen LogP contribution in [0.4, 0.5) is 4.79 Å². The summed E-state index contributed by atoms with van der Waals surface area (Å²) in [6.07, 6.45) is 1.87. The highest BCUT2D eigenvalue weighted by Crippen LogP contribution is 2.56. The molecule has 0 bridgehead atoms. The summed E-state index contributed by atoms with van der Waals surface area (Å²) in [6, 6.07) is 9.58. The highest BCUT2D eigenvalue weighted by molar-refractivity contribution is 9.10. The van der Waals surface area contributed by atoms with E-state index in [0.29, 0.717) is 25.9 Å². The minimum absolute atomic E-state index is 0.0809. The number of carboxylic acids is 1. The summed E-state index contributed by atoms with van der Waals surface area (Å²) in [5, 5.41) is 11.7. The Hall–Kier alpha value is -1.97. The second kappa shape index (κ2) is 8.04. The molecule has 1 N–H and O–H groups in total. The van der Waals surface area contributed by atoms with Gasteiger partial charge in [0.15, 0.2) is 0 Å². The standard InChI is InChI=1S/C20H21BrN2O5S/c21-15-10-29-17(22-15)20(28-9-16(24)25)7-6-19(11-20)12-23(13-19)18(26)27-8-14-4-2-1-3-5-14/h1-5,10H,6-9,11-13H2,(H,24,25). The highest BCUT2D eigenvalue weighted by Gasteiger charge is 2.58. The monoisotopic (exact) mass is 480 g/mol. The number of benzene rings is 1. The average Bonchev–Trinajstić information content (AvgIpc) is 3.29. The van der Waals surface area contributed by atoms with Gasteiger partial charge in [-0.25, -0.2) is 14.6 Å². The Morgan fingerprint density at radius 1 is 1.24 bits per heavy atom. The fourth-order valence-corrected chi connectivity index (χ4v) is 5.69. The van der Waals surface area contributed by atoms with Crippen molar-refractivity contribution in [1.29, 1.82) is 0 Å². The molecule has 7 nitrogen and oxygen atoms in total. The van der Waals surface area contributed by atoms with Crippen LogP contribution in [0.15, 0.2) is 40.3 Å². The summed E-state index contributed by atoms with van der Waals surface area (Å²) < 4.78 is 12.0. The van der Waals surface area contributed by atoms with Gasteiger partial charge in [0, 0.05) is 23.9 Å². The molecule has 1 spiro atoms. The maximum atomic E-state index is 12.4. The van der Waals surface area contributed by atoms with Gasteiger partial charge in [-0.05, 0) is 40.8 Å². The van der Waals surface area contributed by atoms with Crippen molar-refractivity contribution in [3.05, 3.63) is 50.9 Å². The predicted molar refractivity (Wildman–Crippen MR) is 110 cm³/mol. The number of aliphatic carboxylic acids is 1. The molecule has 1 amide bonds. The van der Waals surface area contributed by atoms with E-state index in [0.717, 1.165) is 21.6 Å². The Bertz CT molecular complexity index is 899. The molecule has 1 saturated carbocycles. The second-order valence-electron chi connectivity index (χ2n) is 7.73. The summed E-state index contributed by atoms with van der Waals surface area (Å²) in [7, 11) is 0. The first kappa shape index (κ1) is 20.3. The summed E-state index contributed by atoms with van der Waals surface area (Å²) in [5.41, 5.74) is 0.157. The molecule has 1 aliphatic carbocycles. The van der Waals surface area contributed by atoms with Gasteiger partial charge in [-0.2, -0.15) is 0 Å². The molecule has 4 rings (SSSR count). The third kappa shape index (κ3) is 4.31. The van der Waals surface area contributed by atoms with Crippen LogP contribution in [-0.4, -0.2) is 46.7 Å². The van der Waals surface area contributed by atoms with E-state index in [4.69, 9.17) is 14.6 Å². The Balaban J connectivity index is 1.38. The quantitative estimate of drug-likeness (QED) is 0.671. The number of carbonyl (C=O) groups excluding carboxylic acids is 1. The predicted octanol–water partition coefficient (Wildman–Crippen LogP) is 4.02. The van der Waals surface area contributed by atoms with E-state index in [-0.39, 0.29) is 24.7 Å². The van der Waals surface area contributed by atoms with E-state index in [2.05, 4.69) is 20.9 Å². The lowest BCUT2D eigenvalue weighted by molar-refractivity contribution is -0.151. The van der Waals surface area contributed by atoms with E-state index in [9.17, 15) is 9.59 Å². The zero-order chi connectivity index (χ0) is 20.5. The van der Waals surface area contributed by atoms with Crippen LogP contribution in [0.1, 0.15) is 29.8 Å². The molecule has 2 aromatic rings. The molecule has 1 unspecified atom stereocenters. The lowest BCUT2D eigenvalue weighted by atomic mass is 9.77. The normalized spacial score (nSPS) is 22.4. The van der Waals surface area contributed by atoms with Crippen molar-refractivity contribution in [1.82, 2.24) is 9.88 Å². The topological polar surface area (TPSA) is 89.0 Å². The van der Waals surface area contributed by atoms with Crippen molar-refractivity contribution in [2.24, 2.45) is 5.41 Å². The van der Waals surface area contributed by atoms with Crippen LogP contribution in [0.2, 0.25) is 0 Å². The van der Waals surface area contributed by atoms with Gasteiger partial charge in [0.05, 0.1) is 0 Å². The number of carboxylic acid groups (broad SMARTS) is 1. The fraction of sp³-hybridized carbons (Fsp3) is 0.450. The molecular weight excluding hydrogens is 460 g/mol. The molecule has 2 fully saturated rings. The molecule has 154 valence electrons. The number of thiazole rings is 1. The smallest absolute Gasteiger partial charge is 0.410 e. The number of hydrogen-bond donors (Lipinski definition) is 1. The maximum Gasteiger partial charge on any atom is 0.410 e. The largest absolute Gasteiger partial charge is 0.480 e. The van der Waals surface area contributed by atoms with E-state index in [1.807, 2.05) is 35.7 Å². The summed E-state index contributed by atoms with van der Waals surface area (Å²) >= 11 is 4.83. The number of halogens is 1. The number of rotatable bonds is 6. The number of hydrogen-bond acceptors (Lipinski definition) is 6. The fourth-order valence-electron chi connectivity index (χ4n) is 4.25. The minimum atomic E-state index is -0.999. The molecule has 1 aromatic heterocycles. The number of aromatic nitrogens is 1. The van der Waals surface area contributed by atoms with E-state index < -0.39 is 11.6 Å². The SMILES string of the molecule is O=C(O)COC1(c2nc(Br)cs2)CCC2(CN(C(=O)OCc3ccccc3)C2)C1. The van der Waals surface area contributed by atoms with Gasteiger partial charge in [-0.1, -0.05) is 30.3 Å². The van der Waals surface area contributed by atoms with Crippen molar-refractivity contribution in [3.63, 3.8) is 0 Å². The minimum Gasteiger partial charge on any atom is -0.480 e. The Kier molecular flexibility index (Phi) is 5.63. The molecule has 1 saturated heterocycles. The van der Waals surface area contributed by atoms with Crippen molar-refractivity contribution in [2.45, 2.75) is 31.5 Å². The van der Waals surface area contributed by atoms with Crippen LogP contribution >= 0.6 is 27.3 Å². The Morgan fingerprint density at radius 3 is 2.66 bits per heavy atom. The third-order valence-corrected chi connectivity index (χ3v) is 7.31. The number of likely N-dealkylation sites (tertiary alicyclic amines) is 1. The Labute approximate surface area is 180 Å². The lowest BCUT2D eigenvalue weighted by Gasteiger charge is -2.48. The van der Waals surface area contributed by atoms with Gasteiger partial charge in [-0.15, -0.1) is 11.3 Å². The highest BCUT2D eigenvalue weighted by atomic mass is 79.9. The van der Waals surface area contributed by atoms with Gasteiger partial charge in [-0.3, -0.25) is 0 Å². The van der Waals surface area contributed by atoms with Crippen LogP contribution in [-0.2, 0) is 26.5 Å². The molecule has 29 heavy (non-hydrogen) atoms. The van der Waals surface area contributed by atoms with Crippen molar-refractivity contribution in [3.8, 4) is 0 Å². The molecule has 2 heterocycles. The van der Waals surface area contributed by atoms with Gasteiger partial charge in [0.2, 0.25) is 0 Å². The molecule has 1 atom stereocenters. The summed E-state index contributed by atoms with van der Waals surface area (Å²) in [4.78, 5) is 29.7. The van der Waals surface area contributed by atoms with Crippen LogP contribution in [0, 0.1) is 5.41 Å². The summed E-state index contributed by atoms with van der Waals surface area (Å²) in [5.74, 6) is -0.999. The first-order valence-electron chi connectivity index (χ1n) is 9.33. The van der Waals surface area contributed by atoms with E-state index in [1.54, 1.807) is 4.90 Å². The summed E-state index contributed by atoms with van der Waals surface area (Å²) in [6.45, 7) is 1.06. The van der Waals surface area contributed by atoms with Gasteiger partial charge < -0.3 is 19.5 Å². The van der Waals surface area contributed by atoms with Crippen molar-refractivity contribution >= 4 is 39.3 Å². The van der Waals surface area contributed by atoms with Crippen LogP contribution < -0.4 is 0 Å². The molecule has 9 heteroatoms. The number of carbonyl (C=O) groups is 2. The molecule has 1 aromatic carbocycles. The van der Waals surface area contributed by atoms with Crippen LogP contribution in [0.5, 0.6) is 0 Å². The van der Waals surface area contributed by atoms with Crippen LogP contribution in [0.3, 0.4) is 0 Å². The van der Waals surface area contributed by atoms with Crippen LogP contribution in [0.25, 0.3) is 0 Å². The van der Waals surface area contributed by atoms with Gasteiger partial charge in [0.25, 0.3) is 0 Å². The molecule has 0 radical (unpaired) electrons. The third-order valence-electron chi connectivity index (χ3n) is 5.57. The first-order valence-corrected chi connectivity index (χ1v) is 11.0. The van der Waals surface area contributed by atoms with E-state index >= 15 is 0 Å². The molecule has 1 aliphatic heterocycles. The van der Waals surface area contributed by atoms with Gasteiger partial charge >= 0.3 is 12.1 Å². The number of ether oxygens (including phenoxy) is 2. The molecule has 2 aliphatic rings. The number of amides is 1. The van der Waals surface area contributed by atoms with Gasteiger partial charge in [0.1, 0.15) is 28.4 Å². The van der Waals surface area contributed by atoms with E-state index in [1.165, 1.54) is 11.3 Å². The average molecular weight is 481 g/mol. The zero-order valence-corrected chi connectivity index (χ0v) is 18.1. The zero-order valence-electron chi connectivity index (χ0n) is 15.7. The maximum absolute atomic E-state index is 12.4. The molecular formula is C20H21BrN2O5S.